The highest BCUT2D eigenvalue weighted by Gasteiger charge is 2.06. The van der Waals surface area contributed by atoms with E-state index in [1.807, 2.05) is 0 Å². The number of amides is 2. The summed E-state index contributed by atoms with van der Waals surface area (Å²) in [5.41, 5.74) is 6.00. The van der Waals surface area contributed by atoms with Gasteiger partial charge in [-0.1, -0.05) is 6.07 Å². The zero-order chi connectivity index (χ0) is 12.8. The Morgan fingerprint density at radius 3 is 2.76 bits per heavy atom. The molecule has 1 atom stereocenters. The second-order valence-corrected chi connectivity index (χ2v) is 3.88. The molecule has 1 aromatic carbocycles. The van der Waals surface area contributed by atoms with Crippen LogP contribution in [0.5, 0.6) is 0 Å². The molecule has 4 N–H and O–H groups in total. The minimum atomic E-state index is -0.537. The van der Waals surface area contributed by atoms with E-state index in [-0.39, 0.29) is 12.3 Å². The molecule has 1 aromatic rings. The predicted octanol–water partition coefficient (Wildman–Crippen LogP) is 0.885. The van der Waals surface area contributed by atoms with Crippen LogP contribution >= 0.6 is 0 Å². The summed E-state index contributed by atoms with van der Waals surface area (Å²) in [4.78, 5) is 22.4. The maximum absolute atomic E-state index is 11.5. The lowest BCUT2D eigenvalue weighted by molar-refractivity contribution is -0.116. The molecule has 0 aliphatic heterocycles. The summed E-state index contributed by atoms with van der Waals surface area (Å²) >= 11 is 0. The van der Waals surface area contributed by atoms with Gasteiger partial charge < -0.3 is 16.2 Å². The smallest absolute Gasteiger partial charge is 0.248 e. The van der Waals surface area contributed by atoms with Crippen LogP contribution in [-0.4, -0.2) is 23.0 Å². The Hall–Kier alpha value is -1.88. The van der Waals surface area contributed by atoms with E-state index in [4.69, 9.17) is 10.8 Å². The Morgan fingerprint density at radius 1 is 1.47 bits per heavy atom. The average Bonchev–Trinajstić information content (AvgIpc) is 2.26. The minimum absolute atomic E-state index is 0.201. The van der Waals surface area contributed by atoms with Crippen molar-refractivity contribution in [3.8, 4) is 0 Å². The monoisotopic (exact) mass is 236 g/mol. The van der Waals surface area contributed by atoms with Crippen molar-refractivity contribution in [3.63, 3.8) is 0 Å². The van der Waals surface area contributed by atoms with E-state index in [1.54, 1.807) is 25.1 Å². The first kappa shape index (κ1) is 13.2. The number of hydrogen-bond donors (Lipinski definition) is 3. The van der Waals surface area contributed by atoms with Crippen molar-refractivity contribution in [2.24, 2.45) is 5.73 Å². The molecule has 0 saturated carbocycles. The molecular weight excluding hydrogens is 220 g/mol. The van der Waals surface area contributed by atoms with Crippen molar-refractivity contribution in [2.75, 3.05) is 5.32 Å². The van der Waals surface area contributed by atoms with Crippen LogP contribution in [0.15, 0.2) is 24.3 Å². The molecule has 5 heteroatoms. The van der Waals surface area contributed by atoms with Crippen LogP contribution < -0.4 is 11.1 Å². The Kier molecular flexibility index (Phi) is 4.66. The van der Waals surface area contributed by atoms with Gasteiger partial charge in [0.1, 0.15) is 0 Å². The van der Waals surface area contributed by atoms with E-state index < -0.39 is 12.0 Å². The summed E-state index contributed by atoms with van der Waals surface area (Å²) in [5.74, 6) is -0.738. The Morgan fingerprint density at radius 2 is 2.18 bits per heavy atom. The molecule has 0 radical (unpaired) electrons. The van der Waals surface area contributed by atoms with E-state index in [2.05, 4.69) is 5.32 Å². The zero-order valence-electron chi connectivity index (χ0n) is 9.64. The molecule has 92 valence electrons. The summed E-state index contributed by atoms with van der Waals surface area (Å²) < 4.78 is 0. The molecule has 17 heavy (non-hydrogen) atoms. The molecule has 0 aliphatic rings. The fraction of sp³-hybridized carbons (Fsp3) is 0.333. The van der Waals surface area contributed by atoms with Gasteiger partial charge in [-0.3, -0.25) is 9.59 Å². The summed E-state index contributed by atoms with van der Waals surface area (Å²) in [7, 11) is 0. The maximum atomic E-state index is 11.5. The molecule has 1 rings (SSSR count). The Labute approximate surface area is 99.6 Å². The van der Waals surface area contributed by atoms with Gasteiger partial charge >= 0.3 is 0 Å². The van der Waals surface area contributed by atoms with Crippen molar-refractivity contribution in [2.45, 2.75) is 25.9 Å². The number of carbonyl (C=O) groups excluding carboxylic acids is 2. The molecule has 1 unspecified atom stereocenters. The molecule has 5 nitrogen and oxygen atoms in total. The first-order valence-electron chi connectivity index (χ1n) is 5.37. The van der Waals surface area contributed by atoms with Crippen LogP contribution in [0.3, 0.4) is 0 Å². The second kappa shape index (κ2) is 6.00. The average molecular weight is 236 g/mol. The fourth-order valence-corrected chi connectivity index (χ4v) is 1.31. The van der Waals surface area contributed by atoms with E-state index in [0.717, 1.165) is 0 Å². The Bertz CT molecular complexity index is 416. The number of anilines is 1. The quantitative estimate of drug-likeness (QED) is 0.708. The maximum Gasteiger partial charge on any atom is 0.248 e. The van der Waals surface area contributed by atoms with Crippen LogP contribution in [0.4, 0.5) is 5.69 Å². The number of benzene rings is 1. The van der Waals surface area contributed by atoms with Gasteiger partial charge in [0.25, 0.3) is 0 Å². The van der Waals surface area contributed by atoms with E-state index in [1.165, 1.54) is 6.07 Å². The second-order valence-electron chi connectivity index (χ2n) is 3.88. The van der Waals surface area contributed by atoms with E-state index in [0.29, 0.717) is 17.7 Å². The highest BCUT2D eigenvalue weighted by atomic mass is 16.3. The van der Waals surface area contributed by atoms with Gasteiger partial charge in [-0.2, -0.15) is 0 Å². The van der Waals surface area contributed by atoms with Crippen LogP contribution in [0.1, 0.15) is 30.1 Å². The van der Waals surface area contributed by atoms with Crippen LogP contribution in [-0.2, 0) is 4.79 Å². The minimum Gasteiger partial charge on any atom is -0.393 e. The lowest BCUT2D eigenvalue weighted by Crippen LogP contribution is -2.15. The number of aliphatic hydroxyl groups is 1. The molecular formula is C12H16N2O3. The third kappa shape index (κ3) is 4.65. The topological polar surface area (TPSA) is 92.4 Å². The van der Waals surface area contributed by atoms with Gasteiger partial charge in [-0.25, -0.2) is 0 Å². The number of aliphatic hydroxyl groups excluding tert-OH is 1. The molecule has 0 spiro atoms. The van der Waals surface area contributed by atoms with Gasteiger partial charge in [0.15, 0.2) is 0 Å². The highest BCUT2D eigenvalue weighted by Crippen LogP contribution is 2.11. The van der Waals surface area contributed by atoms with Crippen molar-refractivity contribution in [1.82, 2.24) is 0 Å². The zero-order valence-corrected chi connectivity index (χ0v) is 9.64. The van der Waals surface area contributed by atoms with Crippen molar-refractivity contribution < 1.29 is 14.7 Å². The third-order valence-corrected chi connectivity index (χ3v) is 2.22. The highest BCUT2D eigenvalue weighted by molar-refractivity contribution is 5.96. The number of nitrogens with two attached hydrogens (primary N) is 1. The summed E-state index contributed by atoms with van der Waals surface area (Å²) in [5, 5.41) is 11.7. The first-order chi connectivity index (χ1) is 7.99. The largest absolute Gasteiger partial charge is 0.393 e. The van der Waals surface area contributed by atoms with Gasteiger partial charge in [-0.05, 0) is 31.5 Å². The Balaban J connectivity index is 2.59. The lowest BCUT2D eigenvalue weighted by Gasteiger charge is -2.07. The molecule has 0 aliphatic carbocycles. The first-order valence-corrected chi connectivity index (χ1v) is 5.37. The number of primary amides is 1. The molecule has 0 saturated heterocycles. The predicted molar refractivity (Wildman–Crippen MR) is 64.5 cm³/mol. The summed E-state index contributed by atoms with van der Waals surface area (Å²) in [6, 6.07) is 6.41. The van der Waals surface area contributed by atoms with E-state index >= 15 is 0 Å². The molecule has 0 aromatic heterocycles. The number of rotatable bonds is 5. The summed E-state index contributed by atoms with van der Waals surface area (Å²) in [6.07, 6.45) is 0.137. The van der Waals surface area contributed by atoms with Gasteiger partial charge in [-0.15, -0.1) is 0 Å². The third-order valence-electron chi connectivity index (χ3n) is 2.22. The number of nitrogens with one attached hydrogen (secondary N) is 1. The van der Waals surface area contributed by atoms with Crippen LogP contribution in [0, 0.1) is 0 Å². The standard InChI is InChI=1S/C12H16N2O3/c1-8(15)5-6-11(16)14-10-4-2-3-9(7-10)12(13)17/h2-4,7-8,15H,5-6H2,1H3,(H2,13,17)(H,14,16). The number of carbonyl (C=O) groups is 2. The van der Waals surface area contributed by atoms with E-state index in [9.17, 15) is 9.59 Å². The molecule has 0 fully saturated rings. The van der Waals surface area contributed by atoms with Crippen molar-refractivity contribution in [1.29, 1.82) is 0 Å². The molecule has 2 amide bonds. The normalized spacial score (nSPS) is 11.9. The van der Waals surface area contributed by atoms with Crippen LogP contribution in [0.2, 0.25) is 0 Å². The van der Waals surface area contributed by atoms with Gasteiger partial charge in [0.2, 0.25) is 11.8 Å². The fourth-order valence-electron chi connectivity index (χ4n) is 1.31. The van der Waals surface area contributed by atoms with Crippen molar-refractivity contribution in [3.05, 3.63) is 29.8 Å². The molecule has 0 heterocycles. The van der Waals surface area contributed by atoms with Gasteiger partial charge in [0.05, 0.1) is 6.10 Å². The lowest BCUT2D eigenvalue weighted by atomic mass is 10.1. The molecule has 0 bridgehead atoms. The van der Waals surface area contributed by atoms with Crippen molar-refractivity contribution >= 4 is 17.5 Å². The van der Waals surface area contributed by atoms with Crippen LogP contribution in [0.25, 0.3) is 0 Å². The SMILES string of the molecule is CC(O)CCC(=O)Nc1cccc(C(N)=O)c1. The summed E-state index contributed by atoms with van der Waals surface area (Å²) in [6.45, 7) is 1.63. The van der Waals surface area contributed by atoms with Gasteiger partial charge in [0, 0.05) is 17.7 Å². The number of hydrogen-bond acceptors (Lipinski definition) is 3.